The van der Waals surface area contributed by atoms with Gasteiger partial charge >= 0.3 is 6.36 Å². The van der Waals surface area contributed by atoms with Gasteiger partial charge in [-0.2, -0.15) is 0 Å². The van der Waals surface area contributed by atoms with E-state index in [1.165, 1.54) is 24.3 Å². The Hall–Kier alpha value is -1.99. The van der Waals surface area contributed by atoms with Crippen LogP contribution in [0.4, 0.5) is 17.6 Å². The second kappa shape index (κ2) is 7.06. The zero-order chi connectivity index (χ0) is 17.0. The van der Waals surface area contributed by atoms with Gasteiger partial charge in [0.2, 0.25) is 0 Å². The molecule has 0 heterocycles. The van der Waals surface area contributed by atoms with Gasteiger partial charge in [-0.25, -0.2) is 4.39 Å². The van der Waals surface area contributed by atoms with Crippen LogP contribution in [-0.2, 0) is 0 Å². The number of hydrogen-bond donors (Lipinski definition) is 1. The molecule has 0 aliphatic heterocycles. The highest BCUT2D eigenvalue weighted by Gasteiger charge is 2.32. The molecule has 2 N–H and O–H groups in total. The smallest absolute Gasteiger partial charge is 0.488 e. The Bertz CT molecular complexity index is 692. The van der Waals surface area contributed by atoms with E-state index in [0.717, 1.165) is 12.1 Å². The van der Waals surface area contributed by atoms with Crippen molar-refractivity contribution in [1.82, 2.24) is 0 Å². The van der Waals surface area contributed by atoms with Crippen LogP contribution in [0.5, 0.6) is 11.5 Å². The van der Waals surface area contributed by atoms with Gasteiger partial charge in [-0.15, -0.1) is 13.2 Å². The lowest BCUT2D eigenvalue weighted by Crippen LogP contribution is -2.18. The van der Waals surface area contributed by atoms with Crippen LogP contribution in [-0.4, -0.2) is 19.5 Å². The molecule has 23 heavy (non-hydrogen) atoms. The maximum absolute atomic E-state index is 13.5. The van der Waals surface area contributed by atoms with E-state index in [4.69, 9.17) is 22.1 Å². The largest absolute Gasteiger partial charge is 0.573 e. The molecule has 0 amide bonds. The first-order chi connectivity index (χ1) is 10.8. The van der Waals surface area contributed by atoms with Crippen molar-refractivity contribution in [3.8, 4) is 22.6 Å². The molecule has 0 aromatic heterocycles. The van der Waals surface area contributed by atoms with Gasteiger partial charge in [-0.3, -0.25) is 0 Å². The summed E-state index contributed by atoms with van der Waals surface area (Å²) in [7, 11) is 0. The highest BCUT2D eigenvalue weighted by atomic mass is 35.5. The molecular formula is C15H12ClF4NO2. The number of hydrogen-bond acceptors (Lipinski definition) is 3. The quantitative estimate of drug-likeness (QED) is 0.815. The van der Waals surface area contributed by atoms with Crippen molar-refractivity contribution < 1.29 is 27.0 Å². The number of alkyl halides is 3. The van der Waals surface area contributed by atoms with E-state index in [1.54, 1.807) is 0 Å². The van der Waals surface area contributed by atoms with Crippen molar-refractivity contribution in [2.45, 2.75) is 6.36 Å². The summed E-state index contributed by atoms with van der Waals surface area (Å²) in [5.74, 6) is -1.31. The first-order valence-corrected chi connectivity index (χ1v) is 6.86. The standard InChI is InChI=1S/C15H12ClF4NO2/c16-11-3-1-9(7-12(11)17)10-2-4-13(22-6-5-21)14(8-10)23-15(18,19)20/h1-4,7-8H,5-6,21H2. The van der Waals surface area contributed by atoms with Gasteiger partial charge < -0.3 is 15.2 Å². The molecule has 8 heteroatoms. The second-order valence-electron chi connectivity index (χ2n) is 4.48. The lowest BCUT2D eigenvalue weighted by molar-refractivity contribution is -0.275. The predicted octanol–water partition coefficient (Wildman–Crippen LogP) is 4.38. The zero-order valence-corrected chi connectivity index (χ0v) is 12.4. The van der Waals surface area contributed by atoms with E-state index in [1.807, 2.05) is 0 Å². The fraction of sp³-hybridized carbons (Fsp3) is 0.200. The number of halogens is 5. The summed E-state index contributed by atoms with van der Waals surface area (Å²) in [6.07, 6.45) is -4.88. The molecule has 0 unspecified atom stereocenters. The van der Waals surface area contributed by atoms with Crippen molar-refractivity contribution in [2.24, 2.45) is 5.73 Å². The normalized spacial score (nSPS) is 11.4. The lowest BCUT2D eigenvalue weighted by Gasteiger charge is -2.15. The number of nitrogens with two attached hydrogens (primary N) is 1. The molecule has 0 spiro atoms. The SMILES string of the molecule is NCCOc1ccc(-c2ccc(Cl)c(F)c2)cc1OC(F)(F)F. The molecule has 3 nitrogen and oxygen atoms in total. The third-order valence-corrected chi connectivity index (χ3v) is 3.10. The Balaban J connectivity index is 2.41. The highest BCUT2D eigenvalue weighted by Crippen LogP contribution is 2.36. The Kier molecular flexibility index (Phi) is 5.33. The van der Waals surface area contributed by atoms with Crippen LogP contribution >= 0.6 is 11.6 Å². The minimum absolute atomic E-state index is 0.0309. The number of ether oxygens (including phenoxy) is 2. The Morgan fingerprint density at radius 2 is 1.65 bits per heavy atom. The molecule has 0 saturated carbocycles. The van der Waals surface area contributed by atoms with Crippen molar-refractivity contribution in [2.75, 3.05) is 13.2 Å². The molecule has 0 saturated heterocycles. The molecule has 2 aromatic carbocycles. The second-order valence-corrected chi connectivity index (χ2v) is 4.88. The van der Waals surface area contributed by atoms with E-state index in [2.05, 4.69) is 4.74 Å². The monoisotopic (exact) mass is 349 g/mol. The molecule has 124 valence electrons. The van der Waals surface area contributed by atoms with Crippen LogP contribution in [0.25, 0.3) is 11.1 Å². The first-order valence-electron chi connectivity index (χ1n) is 6.48. The van der Waals surface area contributed by atoms with Gasteiger partial charge in [-0.05, 0) is 35.4 Å². The van der Waals surface area contributed by atoms with Crippen LogP contribution in [0.1, 0.15) is 0 Å². The summed E-state index contributed by atoms with van der Waals surface area (Å²) in [4.78, 5) is 0. The molecular weight excluding hydrogens is 338 g/mol. The maximum Gasteiger partial charge on any atom is 0.573 e. The maximum atomic E-state index is 13.5. The first kappa shape index (κ1) is 17.4. The fourth-order valence-electron chi connectivity index (χ4n) is 1.86. The third kappa shape index (κ3) is 4.74. The van der Waals surface area contributed by atoms with Gasteiger partial charge in [0.1, 0.15) is 12.4 Å². The summed E-state index contributed by atoms with van der Waals surface area (Å²) in [6, 6.07) is 7.82. The summed E-state index contributed by atoms with van der Waals surface area (Å²) in [5, 5.41) is -0.0802. The fourth-order valence-corrected chi connectivity index (χ4v) is 1.97. The molecule has 0 aliphatic rings. The van der Waals surface area contributed by atoms with Gasteiger partial charge in [-0.1, -0.05) is 23.7 Å². The van der Waals surface area contributed by atoms with Crippen molar-refractivity contribution in [3.05, 3.63) is 47.2 Å². The van der Waals surface area contributed by atoms with Crippen LogP contribution < -0.4 is 15.2 Å². The number of benzene rings is 2. The van der Waals surface area contributed by atoms with Gasteiger partial charge in [0.25, 0.3) is 0 Å². The predicted molar refractivity (Wildman–Crippen MR) is 78.1 cm³/mol. The van der Waals surface area contributed by atoms with E-state index >= 15 is 0 Å². The molecule has 2 rings (SSSR count). The van der Waals surface area contributed by atoms with E-state index in [0.29, 0.717) is 11.1 Å². The summed E-state index contributed by atoms with van der Waals surface area (Å²) in [5.41, 5.74) is 5.93. The van der Waals surface area contributed by atoms with Crippen LogP contribution in [0.3, 0.4) is 0 Å². The molecule has 0 bridgehead atoms. The van der Waals surface area contributed by atoms with Gasteiger partial charge in [0.15, 0.2) is 11.5 Å². The lowest BCUT2D eigenvalue weighted by atomic mass is 10.1. The number of rotatable bonds is 5. The van der Waals surface area contributed by atoms with Gasteiger partial charge in [0.05, 0.1) is 5.02 Å². The van der Waals surface area contributed by atoms with E-state index in [-0.39, 0.29) is 23.9 Å². The Morgan fingerprint density at radius 3 is 2.26 bits per heavy atom. The van der Waals surface area contributed by atoms with E-state index in [9.17, 15) is 17.6 Å². The van der Waals surface area contributed by atoms with Crippen LogP contribution in [0, 0.1) is 5.82 Å². The molecule has 0 atom stereocenters. The van der Waals surface area contributed by atoms with Crippen LogP contribution in [0.2, 0.25) is 5.02 Å². The molecule has 2 aromatic rings. The highest BCUT2D eigenvalue weighted by molar-refractivity contribution is 6.30. The molecule has 0 aliphatic carbocycles. The average Bonchev–Trinajstić information content (AvgIpc) is 2.47. The molecule has 0 fully saturated rings. The Labute approximate surface area is 134 Å². The summed E-state index contributed by atoms with van der Waals surface area (Å²) in [6.45, 7) is 0.165. The third-order valence-electron chi connectivity index (χ3n) is 2.80. The topological polar surface area (TPSA) is 44.5 Å². The minimum atomic E-state index is -4.88. The zero-order valence-electron chi connectivity index (χ0n) is 11.7. The van der Waals surface area contributed by atoms with E-state index < -0.39 is 17.9 Å². The summed E-state index contributed by atoms with van der Waals surface area (Å²) < 4.78 is 60.1. The van der Waals surface area contributed by atoms with Crippen molar-refractivity contribution in [1.29, 1.82) is 0 Å². The minimum Gasteiger partial charge on any atom is -0.488 e. The van der Waals surface area contributed by atoms with Crippen molar-refractivity contribution in [3.63, 3.8) is 0 Å². The Morgan fingerprint density at radius 1 is 1.00 bits per heavy atom. The average molecular weight is 350 g/mol. The summed E-state index contributed by atoms with van der Waals surface area (Å²) >= 11 is 5.59. The van der Waals surface area contributed by atoms with Crippen LogP contribution in [0.15, 0.2) is 36.4 Å². The van der Waals surface area contributed by atoms with Gasteiger partial charge in [0, 0.05) is 6.54 Å². The molecule has 0 radical (unpaired) electrons. The van der Waals surface area contributed by atoms with Crippen molar-refractivity contribution >= 4 is 11.6 Å².